The maximum absolute atomic E-state index is 13.2. The van der Waals surface area contributed by atoms with Gasteiger partial charge in [0.1, 0.15) is 12.4 Å². The minimum Gasteiger partial charge on any atom is -0.491 e. The predicted octanol–water partition coefficient (Wildman–Crippen LogP) is 2.70. The number of benzene rings is 1. The molecule has 1 aliphatic rings. The number of ether oxygens (including phenoxy) is 2. The van der Waals surface area contributed by atoms with E-state index in [1.54, 1.807) is 12.1 Å². The van der Waals surface area contributed by atoms with Gasteiger partial charge in [-0.15, -0.1) is 0 Å². The number of urea groups is 1. The van der Waals surface area contributed by atoms with Crippen molar-refractivity contribution in [2.45, 2.75) is 66.5 Å². The van der Waals surface area contributed by atoms with Crippen LogP contribution in [0.15, 0.2) is 24.3 Å². The van der Waals surface area contributed by atoms with Gasteiger partial charge in [0.15, 0.2) is 0 Å². The molecule has 1 aromatic carbocycles. The van der Waals surface area contributed by atoms with E-state index in [1.165, 1.54) is 0 Å². The van der Waals surface area contributed by atoms with Crippen LogP contribution in [0.5, 0.6) is 5.75 Å². The zero-order valence-electron chi connectivity index (χ0n) is 27.0. The molecule has 1 aliphatic heterocycles. The van der Waals surface area contributed by atoms with E-state index >= 15 is 0 Å². The first-order valence-corrected chi connectivity index (χ1v) is 15.7. The molecule has 1 heterocycles. The van der Waals surface area contributed by atoms with Crippen molar-refractivity contribution in [1.82, 2.24) is 15.1 Å². The summed E-state index contributed by atoms with van der Waals surface area (Å²) in [7, 11) is 0. The minimum atomic E-state index is -0.970. The molecule has 0 aliphatic carbocycles. The fraction of sp³-hybridized carbons (Fsp3) is 0.719. The summed E-state index contributed by atoms with van der Waals surface area (Å²) in [6, 6.07) is 5.79. The van der Waals surface area contributed by atoms with Crippen molar-refractivity contribution in [1.29, 1.82) is 0 Å². The summed E-state index contributed by atoms with van der Waals surface area (Å²) in [5, 5.41) is 14.1. The first kappa shape index (κ1) is 36.5. The van der Waals surface area contributed by atoms with Crippen LogP contribution in [0.4, 0.5) is 4.79 Å². The lowest BCUT2D eigenvalue weighted by atomic mass is 9.83. The second kappa shape index (κ2) is 18.2. The van der Waals surface area contributed by atoms with Crippen molar-refractivity contribution >= 4 is 17.8 Å². The van der Waals surface area contributed by atoms with Gasteiger partial charge in [-0.25, -0.2) is 4.79 Å². The molecule has 0 saturated carbocycles. The molecular weight excluding hydrogens is 550 g/mol. The number of carbonyl (C=O) groups excluding carboxylic acids is 3. The molecule has 2 rings (SSSR count). The fourth-order valence-corrected chi connectivity index (χ4v) is 5.25. The first-order valence-electron chi connectivity index (χ1n) is 15.7. The van der Waals surface area contributed by atoms with Crippen molar-refractivity contribution in [3.05, 3.63) is 29.8 Å². The van der Waals surface area contributed by atoms with Crippen LogP contribution in [-0.2, 0) is 9.53 Å². The number of amides is 4. The van der Waals surface area contributed by atoms with Crippen LogP contribution in [0.1, 0.15) is 64.7 Å². The number of aliphatic hydroxyl groups excluding tert-OH is 1. The van der Waals surface area contributed by atoms with Gasteiger partial charge in [0, 0.05) is 44.7 Å². The molecule has 0 radical (unpaired) electrons. The normalized spacial score (nSPS) is 17.0. The van der Waals surface area contributed by atoms with E-state index in [2.05, 4.69) is 24.1 Å². The molecule has 4 atom stereocenters. The van der Waals surface area contributed by atoms with Crippen LogP contribution in [0.25, 0.3) is 0 Å². The van der Waals surface area contributed by atoms with E-state index < -0.39 is 24.1 Å². The maximum atomic E-state index is 13.2. The number of carbonyl (C=O) groups is 3. The Labute approximate surface area is 257 Å². The van der Waals surface area contributed by atoms with Crippen LogP contribution >= 0.6 is 0 Å². The highest BCUT2D eigenvalue weighted by Crippen LogP contribution is 2.25. The average molecular weight is 606 g/mol. The molecule has 4 amide bonds. The van der Waals surface area contributed by atoms with E-state index in [9.17, 15) is 19.5 Å². The Morgan fingerprint density at radius 2 is 1.70 bits per heavy atom. The highest BCUT2D eigenvalue weighted by molar-refractivity contribution is 5.97. The molecule has 11 nitrogen and oxygen atoms in total. The maximum Gasteiger partial charge on any atom is 0.321 e. The van der Waals surface area contributed by atoms with Gasteiger partial charge in [-0.1, -0.05) is 53.7 Å². The van der Waals surface area contributed by atoms with Crippen LogP contribution < -0.4 is 21.5 Å². The number of imide groups is 1. The summed E-state index contributed by atoms with van der Waals surface area (Å²) in [5.74, 6) is -0.592. The number of morpholine rings is 1. The number of nitrogens with zero attached hydrogens (tertiary/aromatic N) is 2. The Bertz CT molecular complexity index is 1010. The molecule has 1 fully saturated rings. The van der Waals surface area contributed by atoms with E-state index in [-0.39, 0.29) is 48.5 Å². The predicted molar refractivity (Wildman–Crippen MR) is 168 cm³/mol. The molecule has 0 spiro atoms. The second-order valence-electron chi connectivity index (χ2n) is 12.7. The van der Waals surface area contributed by atoms with Crippen LogP contribution in [0.2, 0.25) is 0 Å². The SMILES string of the molecule is CC(C)CN(C(N)=O)C(=O)C(CC(O)C(N)CC(CNC(=O)c1ccccc1OCCN1CCOCC1)C(C)C)C(C)C. The molecular formula is C32H55N5O6. The molecule has 1 saturated heterocycles. The Balaban J connectivity index is 1.97. The quantitative estimate of drug-likeness (QED) is 0.211. The number of hydrogen-bond acceptors (Lipinski definition) is 8. The van der Waals surface area contributed by atoms with Gasteiger partial charge in [0.05, 0.1) is 24.9 Å². The zero-order chi connectivity index (χ0) is 32.1. The van der Waals surface area contributed by atoms with Gasteiger partial charge in [-0.2, -0.15) is 0 Å². The number of nitrogens with two attached hydrogens (primary N) is 2. The largest absolute Gasteiger partial charge is 0.491 e. The summed E-state index contributed by atoms with van der Waals surface area (Å²) in [6.45, 7) is 16.7. The first-order chi connectivity index (χ1) is 20.3. The van der Waals surface area contributed by atoms with Gasteiger partial charge in [-0.3, -0.25) is 19.4 Å². The highest BCUT2D eigenvalue weighted by Gasteiger charge is 2.34. The molecule has 0 bridgehead atoms. The van der Waals surface area contributed by atoms with Crippen molar-refractivity contribution in [3.8, 4) is 5.75 Å². The zero-order valence-corrected chi connectivity index (χ0v) is 27.0. The number of para-hydroxylation sites is 1. The lowest BCUT2D eigenvalue weighted by Gasteiger charge is -2.32. The standard InChI is InChI=1S/C32H55N5O6/c1-21(2)20-37(32(34)41)31(40)26(23(5)6)18-28(38)27(33)17-24(22(3)4)19-35-30(39)25-9-7-8-10-29(25)43-16-13-36-11-14-42-15-12-36/h7-10,21-24,26-28,38H,11-20,33H2,1-6H3,(H2,34,41)(H,35,39). The van der Waals surface area contributed by atoms with Gasteiger partial charge in [-0.05, 0) is 48.6 Å². The molecule has 11 heteroatoms. The number of nitrogens with one attached hydrogen (secondary N) is 1. The van der Waals surface area contributed by atoms with Crippen LogP contribution in [0, 0.1) is 29.6 Å². The smallest absolute Gasteiger partial charge is 0.321 e. The fourth-order valence-electron chi connectivity index (χ4n) is 5.25. The highest BCUT2D eigenvalue weighted by atomic mass is 16.5. The van der Waals surface area contributed by atoms with Gasteiger partial charge in [0.25, 0.3) is 5.91 Å². The van der Waals surface area contributed by atoms with Crippen molar-refractivity contribution < 1.29 is 29.0 Å². The van der Waals surface area contributed by atoms with E-state index in [0.29, 0.717) is 30.9 Å². The van der Waals surface area contributed by atoms with Gasteiger partial charge >= 0.3 is 6.03 Å². The van der Waals surface area contributed by atoms with E-state index in [1.807, 2.05) is 39.8 Å². The van der Waals surface area contributed by atoms with Crippen LogP contribution in [-0.4, -0.2) is 97.4 Å². The Kier molecular flexibility index (Phi) is 15.4. The molecule has 0 aromatic heterocycles. The van der Waals surface area contributed by atoms with Crippen molar-refractivity contribution in [2.24, 2.45) is 41.1 Å². The third kappa shape index (κ3) is 12.1. The summed E-state index contributed by atoms with van der Waals surface area (Å²) < 4.78 is 11.4. The Morgan fingerprint density at radius 3 is 2.28 bits per heavy atom. The number of aliphatic hydroxyl groups is 1. The third-order valence-corrected chi connectivity index (χ3v) is 8.13. The minimum absolute atomic E-state index is 0.0146. The Morgan fingerprint density at radius 1 is 1.05 bits per heavy atom. The summed E-state index contributed by atoms with van der Waals surface area (Å²) in [5.41, 5.74) is 12.4. The third-order valence-electron chi connectivity index (χ3n) is 8.13. The molecule has 244 valence electrons. The molecule has 4 unspecified atom stereocenters. The molecule has 1 aromatic rings. The van der Waals surface area contributed by atoms with Gasteiger partial charge < -0.3 is 31.4 Å². The summed E-state index contributed by atoms with van der Waals surface area (Å²) in [6.07, 6.45) is -0.407. The van der Waals surface area contributed by atoms with E-state index in [0.717, 1.165) is 37.7 Å². The molecule has 43 heavy (non-hydrogen) atoms. The lowest BCUT2D eigenvalue weighted by Crippen LogP contribution is -2.49. The average Bonchev–Trinajstić information content (AvgIpc) is 2.96. The Hall–Kier alpha value is -2.73. The summed E-state index contributed by atoms with van der Waals surface area (Å²) >= 11 is 0. The number of rotatable bonds is 17. The van der Waals surface area contributed by atoms with Crippen molar-refractivity contribution in [2.75, 3.05) is 52.5 Å². The number of primary amides is 1. The van der Waals surface area contributed by atoms with Gasteiger partial charge in [0.2, 0.25) is 5.91 Å². The van der Waals surface area contributed by atoms with E-state index in [4.69, 9.17) is 20.9 Å². The monoisotopic (exact) mass is 605 g/mol. The topological polar surface area (TPSA) is 160 Å². The van der Waals surface area contributed by atoms with Crippen LogP contribution in [0.3, 0.4) is 0 Å². The molecule has 6 N–H and O–H groups in total. The second-order valence-corrected chi connectivity index (χ2v) is 12.7. The lowest BCUT2D eigenvalue weighted by molar-refractivity contribution is -0.135. The summed E-state index contributed by atoms with van der Waals surface area (Å²) in [4.78, 5) is 41.8. The van der Waals surface area contributed by atoms with Crippen molar-refractivity contribution in [3.63, 3.8) is 0 Å². The number of hydrogen-bond donors (Lipinski definition) is 4.